The molecule has 0 bridgehead atoms. The maximum atomic E-state index is 12.6. The molecule has 11 heteroatoms. The summed E-state index contributed by atoms with van der Waals surface area (Å²) in [5.74, 6) is 0.184. The molecule has 1 saturated heterocycles. The van der Waals surface area contributed by atoms with Gasteiger partial charge in [-0.15, -0.1) is 0 Å². The van der Waals surface area contributed by atoms with Crippen LogP contribution in [0, 0.1) is 6.92 Å². The molecule has 1 aliphatic rings. The van der Waals surface area contributed by atoms with Gasteiger partial charge in [-0.2, -0.15) is 9.41 Å². The van der Waals surface area contributed by atoms with Crippen molar-refractivity contribution in [1.29, 1.82) is 0 Å². The zero-order valence-corrected chi connectivity index (χ0v) is 17.1. The number of aryl methyl sites for hydroxylation is 1. The fourth-order valence-corrected chi connectivity index (χ4v) is 4.12. The molecule has 1 fully saturated rings. The Morgan fingerprint density at radius 2 is 1.83 bits per heavy atom. The summed E-state index contributed by atoms with van der Waals surface area (Å²) in [5.41, 5.74) is 2.51. The lowest BCUT2D eigenvalue weighted by molar-refractivity contribution is -0.120. The van der Waals surface area contributed by atoms with Gasteiger partial charge < -0.3 is 14.5 Å². The van der Waals surface area contributed by atoms with Crippen LogP contribution in [0.1, 0.15) is 21.9 Å². The summed E-state index contributed by atoms with van der Waals surface area (Å²) < 4.78 is 37.0. The summed E-state index contributed by atoms with van der Waals surface area (Å²) in [6.45, 7) is 2.79. The van der Waals surface area contributed by atoms with Gasteiger partial charge in [-0.1, -0.05) is 0 Å². The van der Waals surface area contributed by atoms with Crippen LogP contribution in [0.25, 0.3) is 0 Å². The number of benzene rings is 1. The van der Waals surface area contributed by atoms with Crippen molar-refractivity contribution in [3.8, 4) is 0 Å². The van der Waals surface area contributed by atoms with Gasteiger partial charge in [-0.25, -0.2) is 13.8 Å². The maximum absolute atomic E-state index is 12.6. The molecular formula is C19H22N4O6S. The number of ether oxygens (including phenoxy) is 1. The molecule has 0 radical (unpaired) electrons. The molecule has 1 aliphatic heterocycles. The highest BCUT2D eigenvalue weighted by molar-refractivity contribution is 7.89. The van der Waals surface area contributed by atoms with Gasteiger partial charge in [-0.05, 0) is 43.3 Å². The minimum Gasteiger partial charge on any atom is -0.460 e. The standard InChI is InChI=1S/C19H22N4O6S/c1-14-2-5-16(29-14)12-21-22-18(24)13-20-19(25)15-3-6-17(7-4-15)30(26,27)23-8-10-28-11-9-23/h2-7,12H,8-11,13H2,1H3,(H,20,25)(H,22,24)/b21-12+. The molecule has 1 aromatic carbocycles. The minimum atomic E-state index is -3.63. The number of hydrogen-bond acceptors (Lipinski definition) is 7. The monoisotopic (exact) mass is 434 g/mol. The predicted molar refractivity (Wildman–Crippen MR) is 108 cm³/mol. The third-order valence-corrected chi connectivity index (χ3v) is 6.19. The van der Waals surface area contributed by atoms with E-state index in [0.29, 0.717) is 32.1 Å². The maximum Gasteiger partial charge on any atom is 0.259 e. The topological polar surface area (TPSA) is 130 Å². The number of nitrogens with zero attached hydrogens (tertiary/aromatic N) is 2. The Bertz CT molecular complexity index is 1020. The zero-order chi connectivity index (χ0) is 21.6. The first-order valence-electron chi connectivity index (χ1n) is 9.21. The largest absolute Gasteiger partial charge is 0.460 e. The van der Waals surface area contributed by atoms with Gasteiger partial charge in [-0.3, -0.25) is 9.59 Å². The van der Waals surface area contributed by atoms with Crippen molar-refractivity contribution in [2.75, 3.05) is 32.8 Å². The van der Waals surface area contributed by atoms with Crippen LogP contribution in [0.4, 0.5) is 0 Å². The number of carbonyl (C=O) groups is 2. The van der Waals surface area contributed by atoms with Crippen LogP contribution >= 0.6 is 0 Å². The van der Waals surface area contributed by atoms with E-state index in [2.05, 4.69) is 15.8 Å². The van der Waals surface area contributed by atoms with Crippen LogP contribution in [0.5, 0.6) is 0 Å². The number of nitrogens with one attached hydrogen (secondary N) is 2. The third kappa shape index (κ3) is 5.53. The van der Waals surface area contributed by atoms with Crippen LogP contribution in [-0.2, 0) is 19.6 Å². The summed E-state index contributed by atoms with van der Waals surface area (Å²) in [6.07, 6.45) is 1.35. The van der Waals surface area contributed by atoms with Gasteiger partial charge in [0.25, 0.3) is 11.8 Å². The second-order valence-electron chi connectivity index (χ2n) is 6.47. The Kier molecular flexibility index (Phi) is 6.98. The molecular weight excluding hydrogens is 412 g/mol. The Morgan fingerprint density at radius 1 is 1.13 bits per heavy atom. The molecule has 160 valence electrons. The highest BCUT2D eigenvalue weighted by atomic mass is 32.2. The van der Waals surface area contributed by atoms with E-state index in [-0.39, 0.29) is 17.0 Å². The fourth-order valence-electron chi connectivity index (χ4n) is 2.71. The Balaban J connectivity index is 1.50. The van der Waals surface area contributed by atoms with Crippen molar-refractivity contribution in [2.45, 2.75) is 11.8 Å². The lowest BCUT2D eigenvalue weighted by Crippen LogP contribution is -2.40. The number of carbonyl (C=O) groups excluding carboxylic acids is 2. The number of furan rings is 1. The summed E-state index contributed by atoms with van der Waals surface area (Å²) in [6, 6.07) is 9.01. The van der Waals surface area contributed by atoms with E-state index < -0.39 is 21.8 Å². The quantitative estimate of drug-likeness (QED) is 0.482. The molecule has 0 atom stereocenters. The molecule has 0 aliphatic carbocycles. The van der Waals surface area contributed by atoms with Gasteiger partial charge in [0.05, 0.1) is 30.9 Å². The number of hydrazone groups is 1. The first-order chi connectivity index (χ1) is 14.4. The van der Waals surface area contributed by atoms with Crippen molar-refractivity contribution in [3.63, 3.8) is 0 Å². The molecule has 0 unspecified atom stereocenters. The Morgan fingerprint density at radius 3 is 2.47 bits per heavy atom. The number of rotatable bonds is 7. The molecule has 2 amide bonds. The van der Waals surface area contributed by atoms with E-state index in [1.165, 1.54) is 34.8 Å². The van der Waals surface area contributed by atoms with Crippen molar-refractivity contribution < 1.29 is 27.2 Å². The molecule has 10 nitrogen and oxygen atoms in total. The van der Waals surface area contributed by atoms with E-state index in [0.717, 1.165) is 5.76 Å². The first kappa shape index (κ1) is 21.7. The molecule has 1 aromatic heterocycles. The zero-order valence-electron chi connectivity index (χ0n) is 16.3. The van der Waals surface area contributed by atoms with Crippen molar-refractivity contribution in [1.82, 2.24) is 15.0 Å². The average molecular weight is 434 g/mol. The van der Waals surface area contributed by atoms with Crippen LogP contribution in [-0.4, -0.2) is 63.6 Å². The molecule has 2 heterocycles. The molecule has 2 N–H and O–H groups in total. The Labute approximate surface area is 173 Å². The van der Waals surface area contributed by atoms with E-state index in [1.54, 1.807) is 19.1 Å². The van der Waals surface area contributed by atoms with E-state index in [4.69, 9.17) is 9.15 Å². The van der Waals surface area contributed by atoms with Crippen molar-refractivity contribution in [3.05, 3.63) is 53.5 Å². The van der Waals surface area contributed by atoms with Crippen LogP contribution in [0.2, 0.25) is 0 Å². The van der Waals surface area contributed by atoms with Gasteiger partial charge >= 0.3 is 0 Å². The van der Waals surface area contributed by atoms with Crippen LogP contribution < -0.4 is 10.7 Å². The SMILES string of the molecule is Cc1ccc(/C=N/NC(=O)CNC(=O)c2ccc(S(=O)(=O)N3CCOCC3)cc2)o1. The lowest BCUT2D eigenvalue weighted by Gasteiger charge is -2.26. The highest BCUT2D eigenvalue weighted by Crippen LogP contribution is 2.17. The summed E-state index contributed by atoms with van der Waals surface area (Å²) in [5, 5.41) is 6.19. The number of morpholine rings is 1. The second-order valence-corrected chi connectivity index (χ2v) is 8.40. The normalized spacial score (nSPS) is 15.2. The number of amides is 2. The van der Waals surface area contributed by atoms with E-state index in [1.807, 2.05) is 0 Å². The number of sulfonamides is 1. The van der Waals surface area contributed by atoms with Gasteiger partial charge in [0.15, 0.2) is 0 Å². The summed E-state index contributed by atoms with van der Waals surface area (Å²) in [7, 11) is -3.63. The van der Waals surface area contributed by atoms with Gasteiger partial charge in [0.1, 0.15) is 11.5 Å². The molecule has 0 saturated carbocycles. The third-order valence-electron chi connectivity index (χ3n) is 4.28. The first-order valence-corrected chi connectivity index (χ1v) is 10.6. The average Bonchev–Trinajstić information content (AvgIpc) is 3.17. The van der Waals surface area contributed by atoms with E-state index in [9.17, 15) is 18.0 Å². The van der Waals surface area contributed by atoms with E-state index >= 15 is 0 Å². The van der Waals surface area contributed by atoms with Crippen LogP contribution in [0.15, 0.2) is 50.8 Å². The van der Waals surface area contributed by atoms with Gasteiger partial charge in [0.2, 0.25) is 10.0 Å². The Hall–Kier alpha value is -3.02. The lowest BCUT2D eigenvalue weighted by atomic mass is 10.2. The minimum absolute atomic E-state index is 0.0983. The predicted octanol–water partition coefficient (Wildman–Crippen LogP) is 0.489. The second kappa shape index (κ2) is 9.65. The molecule has 0 spiro atoms. The van der Waals surface area contributed by atoms with Gasteiger partial charge in [0, 0.05) is 18.7 Å². The molecule has 2 aromatic rings. The fraction of sp³-hybridized carbons (Fsp3) is 0.316. The van der Waals surface area contributed by atoms with Crippen molar-refractivity contribution in [2.24, 2.45) is 5.10 Å². The summed E-state index contributed by atoms with van der Waals surface area (Å²) in [4.78, 5) is 24.1. The smallest absolute Gasteiger partial charge is 0.259 e. The van der Waals surface area contributed by atoms with Crippen LogP contribution in [0.3, 0.4) is 0 Å². The summed E-state index contributed by atoms with van der Waals surface area (Å²) >= 11 is 0. The molecule has 3 rings (SSSR count). The molecule has 30 heavy (non-hydrogen) atoms. The van der Waals surface area contributed by atoms with Crippen molar-refractivity contribution >= 4 is 28.1 Å². The highest BCUT2D eigenvalue weighted by Gasteiger charge is 2.26. The number of hydrogen-bond donors (Lipinski definition) is 2.